The van der Waals surface area contributed by atoms with Gasteiger partial charge in [-0.25, -0.2) is 4.39 Å². The molecule has 0 aliphatic carbocycles. The van der Waals surface area contributed by atoms with Crippen LogP contribution in [0.25, 0.3) is 0 Å². The van der Waals surface area contributed by atoms with E-state index in [0.717, 1.165) is 18.2 Å². The zero-order chi connectivity index (χ0) is 15.8. The molecule has 2 aromatic rings. The van der Waals surface area contributed by atoms with Gasteiger partial charge in [-0.3, -0.25) is 0 Å². The lowest BCUT2D eigenvalue weighted by Gasteiger charge is -2.17. The largest absolute Gasteiger partial charge is 0.416 e. The standard InChI is InChI=1S/C15H11BrF4O/c1-8-6-9(15(18,19)20)2-4-11(8)14(21)12-7-10(17)3-5-13(12)16/h2-7,14,21H,1H3. The molecule has 0 bridgehead atoms. The molecule has 0 aliphatic rings. The molecule has 0 fully saturated rings. The van der Waals surface area contributed by atoms with Gasteiger partial charge in [0, 0.05) is 10.0 Å². The van der Waals surface area contributed by atoms with Crippen LogP contribution in [0.2, 0.25) is 0 Å². The summed E-state index contributed by atoms with van der Waals surface area (Å²) in [6.45, 7) is 1.47. The minimum absolute atomic E-state index is 0.262. The third-order valence-corrected chi connectivity index (χ3v) is 3.87. The highest BCUT2D eigenvalue weighted by Gasteiger charge is 2.31. The highest BCUT2D eigenvalue weighted by molar-refractivity contribution is 9.10. The van der Waals surface area contributed by atoms with E-state index in [2.05, 4.69) is 15.9 Å². The average Bonchev–Trinajstić information content (AvgIpc) is 2.39. The number of aliphatic hydroxyl groups excluding tert-OH is 1. The number of benzene rings is 2. The Morgan fingerprint density at radius 2 is 1.71 bits per heavy atom. The van der Waals surface area contributed by atoms with Gasteiger partial charge in [0.1, 0.15) is 11.9 Å². The van der Waals surface area contributed by atoms with Gasteiger partial charge >= 0.3 is 6.18 Å². The number of halogens is 5. The Hall–Kier alpha value is -1.40. The lowest BCUT2D eigenvalue weighted by molar-refractivity contribution is -0.137. The molecule has 0 amide bonds. The summed E-state index contributed by atoms with van der Waals surface area (Å²) in [5.74, 6) is -0.531. The van der Waals surface area contributed by atoms with Crippen molar-refractivity contribution in [1.29, 1.82) is 0 Å². The van der Waals surface area contributed by atoms with Gasteiger partial charge in [0.2, 0.25) is 0 Å². The summed E-state index contributed by atoms with van der Waals surface area (Å²) in [5.41, 5.74) is 0.0647. The van der Waals surface area contributed by atoms with Crippen LogP contribution in [0.4, 0.5) is 17.6 Å². The van der Waals surface area contributed by atoms with Crippen LogP contribution in [0.15, 0.2) is 40.9 Å². The van der Waals surface area contributed by atoms with Crippen molar-refractivity contribution in [3.63, 3.8) is 0 Å². The minimum Gasteiger partial charge on any atom is -0.384 e. The van der Waals surface area contributed by atoms with Gasteiger partial charge in [-0.05, 0) is 48.4 Å². The third-order valence-electron chi connectivity index (χ3n) is 3.14. The molecule has 1 N–H and O–H groups in total. The molecular formula is C15H11BrF4O. The molecule has 0 spiro atoms. The maximum Gasteiger partial charge on any atom is 0.416 e. The molecule has 21 heavy (non-hydrogen) atoms. The van der Waals surface area contributed by atoms with E-state index in [1.54, 1.807) is 0 Å². The second-order valence-electron chi connectivity index (χ2n) is 4.64. The zero-order valence-corrected chi connectivity index (χ0v) is 12.5. The Kier molecular flexibility index (Phi) is 4.39. The molecule has 2 rings (SSSR count). The molecule has 0 heterocycles. The van der Waals surface area contributed by atoms with Crippen molar-refractivity contribution < 1.29 is 22.7 Å². The third kappa shape index (κ3) is 3.44. The van der Waals surface area contributed by atoms with E-state index in [-0.39, 0.29) is 11.1 Å². The Labute approximate surface area is 127 Å². The Morgan fingerprint density at radius 1 is 1.05 bits per heavy atom. The molecule has 0 aromatic heterocycles. The second kappa shape index (κ2) is 5.77. The van der Waals surface area contributed by atoms with Crippen LogP contribution < -0.4 is 0 Å². The van der Waals surface area contributed by atoms with Crippen LogP contribution in [-0.2, 0) is 6.18 Å². The summed E-state index contributed by atoms with van der Waals surface area (Å²) in [5, 5.41) is 10.3. The lowest BCUT2D eigenvalue weighted by Crippen LogP contribution is -2.08. The lowest BCUT2D eigenvalue weighted by atomic mass is 9.95. The van der Waals surface area contributed by atoms with E-state index in [9.17, 15) is 22.7 Å². The summed E-state index contributed by atoms with van der Waals surface area (Å²) in [4.78, 5) is 0. The van der Waals surface area contributed by atoms with Crippen molar-refractivity contribution in [2.24, 2.45) is 0 Å². The maximum absolute atomic E-state index is 13.3. The van der Waals surface area contributed by atoms with Crippen LogP contribution >= 0.6 is 15.9 Å². The molecule has 1 unspecified atom stereocenters. The summed E-state index contributed by atoms with van der Waals surface area (Å²) >= 11 is 3.19. The van der Waals surface area contributed by atoms with Crippen LogP contribution in [0, 0.1) is 12.7 Å². The SMILES string of the molecule is Cc1cc(C(F)(F)F)ccc1C(O)c1cc(F)ccc1Br. The van der Waals surface area contributed by atoms with Crippen LogP contribution in [0.1, 0.15) is 28.4 Å². The molecule has 0 radical (unpaired) electrons. The van der Waals surface area contributed by atoms with Gasteiger partial charge in [-0.1, -0.05) is 22.0 Å². The van der Waals surface area contributed by atoms with Gasteiger partial charge in [0.25, 0.3) is 0 Å². The van der Waals surface area contributed by atoms with Gasteiger partial charge in [-0.15, -0.1) is 0 Å². The molecule has 1 nitrogen and oxygen atoms in total. The Bertz CT molecular complexity index is 667. The van der Waals surface area contributed by atoms with Crippen LogP contribution in [0.3, 0.4) is 0 Å². The minimum atomic E-state index is -4.44. The van der Waals surface area contributed by atoms with E-state index in [1.165, 1.54) is 25.1 Å². The topological polar surface area (TPSA) is 20.2 Å². The van der Waals surface area contributed by atoms with Crippen molar-refractivity contribution in [1.82, 2.24) is 0 Å². The van der Waals surface area contributed by atoms with E-state index < -0.39 is 23.7 Å². The number of aryl methyl sites for hydroxylation is 1. The smallest absolute Gasteiger partial charge is 0.384 e. The van der Waals surface area contributed by atoms with Crippen LogP contribution in [-0.4, -0.2) is 5.11 Å². The van der Waals surface area contributed by atoms with Gasteiger partial charge < -0.3 is 5.11 Å². The van der Waals surface area contributed by atoms with E-state index in [4.69, 9.17) is 0 Å². The first kappa shape index (κ1) is 16.0. The molecule has 0 aliphatic heterocycles. The first-order valence-electron chi connectivity index (χ1n) is 6.01. The first-order chi connectivity index (χ1) is 9.70. The van der Waals surface area contributed by atoms with Crippen molar-refractivity contribution in [2.75, 3.05) is 0 Å². The van der Waals surface area contributed by atoms with E-state index >= 15 is 0 Å². The molecule has 0 saturated heterocycles. The fourth-order valence-electron chi connectivity index (χ4n) is 2.05. The molecule has 112 valence electrons. The molecule has 0 saturated carbocycles. The number of hydrogen-bond donors (Lipinski definition) is 1. The quantitative estimate of drug-likeness (QED) is 0.745. The van der Waals surface area contributed by atoms with Gasteiger partial charge in [0.15, 0.2) is 0 Å². The van der Waals surface area contributed by atoms with Crippen molar-refractivity contribution in [3.8, 4) is 0 Å². The second-order valence-corrected chi connectivity index (χ2v) is 5.49. The highest BCUT2D eigenvalue weighted by Crippen LogP contribution is 2.34. The monoisotopic (exact) mass is 362 g/mol. The summed E-state index contributed by atoms with van der Waals surface area (Å²) < 4.78 is 51.6. The van der Waals surface area contributed by atoms with E-state index in [0.29, 0.717) is 10.0 Å². The highest BCUT2D eigenvalue weighted by atomic mass is 79.9. The van der Waals surface area contributed by atoms with Crippen molar-refractivity contribution in [3.05, 3.63) is 68.9 Å². The normalized spacial score (nSPS) is 13.3. The van der Waals surface area contributed by atoms with Crippen molar-refractivity contribution in [2.45, 2.75) is 19.2 Å². The number of alkyl halides is 3. The summed E-state index contributed by atoms with van der Waals surface area (Å²) in [6, 6.07) is 6.88. The van der Waals surface area contributed by atoms with Gasteiger partial charge in [-0.2, -0.15) is 13.2 Å². The van der Waals surface area contributed by atoms with E-state index in [1.807, 2.05) is 0 Å². The molecule has 2 aromatic carbocycles. The Balaban J connectivity index is 2.44. The number of aliphatic hydroxyl groups is 1. The maximum atomic E-state index is 13.3. The Morgan fingerprint density at radius 3 is 2.29 bits per heavy atom. The van der Waals surface area contributed by atoms with Crippen LogP contribution in [0.5, 0.6) is 0 Å². The molecule has 1 atom stereocenters. The average molecular weight is 363 g/mol. The van der Waals surface area contributed by atoms with Gasteiger partial charge in [0.05, 0.1) is 5.56 Å². The summed E-state index contributed by atoms with van der Waals surface area (Å²) in [7, 11) is 0. The zero-order valence-electron chi connectivity index (χ0n) is 10.9. The molecule has 6 heteroatoms. The number of rotatable bonds is 2. The summed E-state index contributed by atoms with van der Waals surface area (Å²) in [6.07, 6.45) is -5.65. The predicted octanol–water partition coefficient (Wildman–Crippen LogP) is 5.00. The fraction of sp³-hybridized carbons (Fsp3) is 0.200. The fourth-order valence-corrected chi connectivity index (χ4v) is 2.51. The van der Waals surface area contributed by atoms with Crippen molar-refractivity contribution >= 4 is 15.9 Å². The predicted molar refractivity (Wildman–Crippen MR) is 74.3 cm³/mol. The first-order valence-corrected chi connectivity index (χ1v) is 6.80. The number of hydrogen-bond acceptors (Lipinski definition) is 1. The molecular weight excluding hydrogens is 352 g/mol.